The Kier molecular flexibility index (Phi) is 8.03. The number of benzene rings is 1. The fourth-order valence-corrected chi connectivity index (χ4v) is 2.06. The van der Waals surface area contributed by atoms with Crippen molar-refractivity contribution in [3.63, 3.8) is 0 Å². The van der Waals surface area contributed by atoms with E-state index in [0.29, 0.717) is 13.0 Å². The van der Waals surface area contributed by atoms with Crippen LogP contribution in [0.1, 0.15) is 24.8 Å². The van der Waals surface area contributed by atoms with Crippen LogP contribution >= 0.6 is 27.5 Å². The fraction of sp³-hybridized carbons (Fsp3) is 0.400. The van der Waals surface area contributed by atoms with Crippen LogP contribution in [0.2, 0.25) is 0 Å². The predicted molar refractivity (Wildman–Crippen MR) is 82.6 cm³/mol. The Balaban J connectivity index is 2.40. The highest BCUT2D eigenvalue weighted by molar-refractivity contribution is 9.10. The van der Waals surface area contributed by atoms with Crippen LogP contribution in [0.4, 0.5) is 0 Å². The predicted octanol–water partition coefficient (Wildman–Crippen LogP) is 4.46. The molecular formula is C15H18BrClO2. The van der Waals surface area contributed by atoms with Gasteiger partial charge in [-0.2, -0.15) is 0 Å². The molecular weight excluding hydrogens is 328 g/mol. The Labute approximate surface area is 127 Å². The molecule has 0 aliphatic heterocycles. The normalized spacial score (nSPS) is 13.8. The molecule has 0 radical (unpaired) electrons. The van der Waals surface area contributed by atoms with Crippen molar-refractivity contribution in [2.45, 2.75) is 36.8 Å². The van der Waals surface area contributed by atoms with Crippen molar-refractivity contribution in [3.8, 4) is 0 Å². The molecule has 0 N–H and O–H groups in total. The van der Waals surface area contributed by atoms with Gasteiger partial charge in [0.05, 0.1) is 17.5 Å². The summed E-state index contributed by atoms with van der Waals surface area (Å²) in [6.07, 6.45) is 4.10. The van der Waals surface area contributed by atoms with Crippen LogP contribution in [0, 0.1) is 0 Å². The Morgan fingerprint density at radius 2 is 2.05 bits per heavy atom. The topological polar surface area (TPSA) is 26.3 Å². The number of halogens is 2. The molecule has 0 aliphatic carbocycles. The van der Waals surface area contributed by atoms with E-state index in [-0.39, 0.29) is 16.2 Å². The van der Waals surface area contributed by atoms with Crippen molar-refractivity contribution in [2.24, 2.45) is 0 Å². The minimum atomic E-state index is -0.361. The Bertz CT molecular complexity index is 394. The molecule has 0 saturated heterocycles. The molecule has 0 aliphatic rings. The molecule has 1 aromatic rings. The van der Waals surface area contributed by atoms with E-state index in [0.717, 1.165) is 18.4 Å². The molecule has 0 fully saturated rings. The lowest BCUT2D eigenvalue weighted by Gasteiger charge is -2.17. The highest BCUT2D eigenvalue weighted by Gasteiger charge is 2.15. The van der Waals surface area contributed by atoms with Gasteiger partial charge < -0.3 is 4.74 Å². The van der Waals surface area contributed by atoms with E-state index in [1.54, 1.807) is 0 Å². The molecule has 2 unspecified atom stereocenters. The number of hydrogen-bond acceptors (Lipinski definition) is 2. The van der Waals surface area contributed by atoms with E-state index < -0.39 is 0 Å². The molecule has 2 atom stereocenters. The van der Waals surface area contributed by atoms with Gasteiger partial charge in [0.1, 0.15) is 0 Å². The Hall–Kier alpha value is -0.640. The maximum atomic E-state index is 11.0. The van der Waals surface area contributed by atoms with Crippen LogP contribution in [0.5, 0.6) is 0 Å². The first-order valence-corrected chi connectivity index (χ1v) is 7.52. The Morgan fingerprint density at radius 1 is 1.37 bits per heavy atom. The van der Waals surface area contributed by atoms with Gasteiger partial charge in [-0.1, -0.05) is 52.3 Å². The number of alkyl halides is 1. The van der Waals surface area contributed by atoms with Gasteiger partial charge in [0.25, 0.3) is 0 Å². The van der Waals surface area contributed by atoms with Crippen LogP contribution in [0.15, 0.2) is 43.0 Å². The number of ether oxygens (including phenoxy) is 1. The number of carbonyl (C=O) groups excluding carboxylic acids is 1. The molecule has 19 heavy (non-hydrogen) atoms. The van der Waals surface area contributed by atoms with Crippen LogP contribution in [-0.4, -0.2) is 16.2 Å². The van der Waals surface area contributed by atoms with Crippen LogP contribution in [-0.2, 0) is 16.1 Å². The summed E-state index contributed by atoms with van der Waals surface area (Å²) in [7, 11) is 0. The van der Waals surface area contributed by atoms with Crippen molar-refractivity contribution in [3.05, 3.63) is 48.6 Å². The fourth-order valence-electron chi connectivity index (χ4n) is 1.69. The van der Waals surface area contributed by atoms with E-state index in [2.05, 4.69) is 22.5 Å². The van der Waals surface area contributed by atoms with Crippen LogP contribution in [0.3, 0.4) is 0 Å². The molecule has 0 bridgehead atoms. The average molecular weight is 346 g/mol. The van der Waals surface area contributed by atoms with E-state index >= 15 is 0 Å². The smallest absolute Gasteiger partial charge is 0.235 e. The van der Waals surface area contributed by atoms with Crippen molar-refractivity contribution >= 4 is 32.8 Å². The second-order valence-corrected chi connectivity index (χ2v) is 5.77. The van der Waals surface area contributed by atoms with Crippen molar-refractivity contribution < 1.29 is 9.53 Å². The van der Waals surface area contributed by atoms with E-state index in [9.17, 15) is 4.79 Å². The van der Waals surface area contributed by atoms with Gasteiger partial charge >= 0.3 is 0 Å². The summed E-state index contributed by atoms with van der Waals surface area (Å²) in [5.41, 5.74) is 1.14. The first-order chi connectivity index (χ1) is 9.13. The summed E-state index contributed by atoms with van der Waals surface area (Å²) in [6, 6.07) is 10.0. The number of carbonyl (C=O) groups is 1. The molecule has 104 valence electrons. The molecule has 2 nitrogen and oxygen atoms in total. The summed E-state index contributed by atoms with van der Waals surface area (Å²) in [4.78, 5) is 10.6. The van der Waals surface area contributed by atoms with Gasteiger partial charge in [-0.25, -0.2) is 0 Å². The van der Waals surface area contributed by atoms with Crippen molar-refractivity contribution in [2.75, 3.05) is 0 Å². The second kappa shape index (κ2) is 9.29. The summed E-state index contributed by atoms with van der Waals surface area (Å²) in [6.45, 7) is 4.30. The second-order valence-electron chi connectivity index (χ2n) is 4.29. The third-order valence-electron chi connectivity index (χ3n) is 2.75. The molecule has 1 rings (SSSR count). The standard InChI is InChI=1S/C15H18BrClO2/c1-2-6-13(9-10-14(16)15(17)18)19-11-12-7-4-3-5-8-12/h2-5,7-8,13-14H,1,6,9-11H2. The summed E-state index contributed by atoms with van der Waals surface area (Å²) in [5.74, 6) is 0. The third-order valence-corrected chi connectivity index (χ3v) is 4.15. The Morgan fingerprint density at radius 3 is 2.63 bits per heavy atom. The lowest BCUT2D eigenvalue weighted by atomic mass is 10.1. The molecule has 0 heterocycles. The summed E-state index contributed by atoms with van der Waals surface area (Å²) >= 11 is 8.67. The molecule has 0 spiro atoms. The van der Waals surface area contributed by atoms with Crippen molar-refractivity contribution in [1.82, 2.24) is 0 Å². The molecule has 4 heteroatoms. The van der Waals surface area contributed by atoms with Gasteiger partial charge in [0, 0.05) is 0 Å². The van der Waals surface area contributed by atoms with Crippen LogP contribution in [0.25, 0.3) is 0 Å². The maximum absolute atomic E-state index is 11.0. The number of hydrogen-bond donors (Lipinski definition) is 0. The average Bonchev–Trinajstić information content (AvgIpc) is 2.42. The van der Waals surface area contributed by atoms with Gasteiger partial charge in [-0.15, -0.1) is 6.58 Å². The van der Waals surface area contributed by atoms with Gasteiger partial charge in [0.15, 0.2) is 0 Å². The monoisotopic (exact) mass is 344 g/mol. The maximum Gasteiger partial charge on any atom is 0.235 e. The third kappa shape index (κ3) is 6.90. The SMILES string of the molecule is C=CCC(CCC(Br)C(=O)Cl)OCc1ccccc1. The minimum Gasteiger partial charge on any atom is -0.373 e. The first-order valence-electron chi connectivity index (χ1n) is 6.23. The van der Waals surface area contributed by atoms with Crippen LogP contribution < -0.4 is 0 Å². The van der Waals surface area contributed by atoms with Gasteiger partial charge in [-0.3, -0.25) is 4.79 Å². The zero-order chi connectivity index (χ0) is 14.1. The zero-order valence-corrected chi connectivity index (χ0v) is 13.1. The van der Waals surface area contributed by atoms with E-state index in [1.807, 2.05) is 36.4 Å². The molecule has 0 saturated carbocycles. The van der Waals surface area contributed by atoms with Gasteiger partial charge in [-0.05, 0) is 36.4 Å². The minimum absolute atomic E-state index is 0.0637. The molecule has 1 aromatic carbocycles. The molecule has 0 amide bonds. The largest absolute Gasteiger partial charge is 0.373 e. The lowest BCUT2D eigenvalue weighted by molar-refractivity contribution is -0.111. The lowest BCUT2D eigenvalue weighted by Crippen LogP contribution is -2.16. The highest BCUT2D eigenvalue weighted by Crippen LogP contribution is 2.17. The quantitative estimate of drug-likeness (QED) is 0.375. The van der Waals surface area contributed by atoms with Crippen molar-refractivity contribution in [1.29, 1.82) is 0 Å². The molecule has 0 aromatic heterocycles. The highest BCUT2D eigenvalue weighted by atomic mass is 79.9. The van der Waals surface area contributed by atoms with E-state index in [1.165, 1.54) is 0 Å². The number of rotatable bonds is 9. The summed E-state index contributed by atoms with van der Waals surface area (Å²) < 4.78 is 5.85. The van der Waals surface area contributed by atoms with Gasteiger partial charge in [0.2, 0.25) is 5.24 Å². The van der Waals surface area contributed by atoms with E-state index in [4.69, 9.17) is 16.3 Å². The zero-order valence-electron chi connectivity index (χ0n) is 10.7. The summed E-state index contributed by atoms with van der Waals surface area (Å²) in [5, 5.41) is -0.361. The first kappa shape index (κ1) is 16.4.